The molecule has 160 valence electrons. The molecular formula is C21H18N2O8. The molecule has 3 aromatic rings. The molecule has 0 unspecified atom stereocenters. The van der Waals surface area contributed by atoms with Crippen LogP contribution in [0.15, 0.2) is 57.7 Å². The van der Waals surface area contributed by atoms with Gasteiger partial charge in [-0.1, -0.05) is 6.07 Å². The van der Waals surface area contributed by atoms with Crippen molar-refractivity contribution >= 4 is 28.5 Å². The van der Waals surface area contributed by atoms with E-state index >= 15 is 0 Å². The number of carbonyl (C=O) groups is 2. The molecule has 0 spiro atoms. The predicted octanol–water partition coefficient (Wildman–Crippen LogP) is 2.22. The molecular weight excluding hydrogens is 408 g/mol. The molecule has 10 heteroatoms. The fourth-order valence-corrected chi connectivity index (χ4v) is 3.06. The van der Waals surface area contributed by atoms with E-state index in [9.17, 15) is 24.5 Å². The number of rotatable bonds is 7. The average Bonchev–Trinajstić information content (AvgIpc) is 2.77. The lowest BCUT2D eigenvalue weighted by molar-refractivity contribution is -0.384. The van der Waals surface area contributed by atoms with E-state index in [0.717, 1.165) is 13.2 Å². The largest absolute Gasteiger partial charge is 0.497 e. The number of nitrogens with zero attached hydrogens (tertiary/aromatic N) is 1. The van der Waals surface area contributed by atoms with E-state index in [1.807, 2.05) is 0 Å². The first-order valence-corrected chi connectivity index (χ1v) is 9.06. The summed E-state index contributed by atoms with van der Waals surface area (Å²) < 4.78 is 15.1. The second-order valence-electron chi connectivity index (χ2n) is 6.51. The van der Waals surface area contributed by atoms with Crippen LogP contribution in [0, 0.1) is 10.1 Å². The van der Waals surface area contributed by atoms with Gasteiger partial charge in [0.25, 0.3) is 11.6 Å². The Kier molecular flexibility index (Phi) is 6.29. The maximum absolute atomic E-state index is 12.6. The third-order valence-electron chi connectivity index (χ3n) is 4.57. The molecule has 0 saturated carbocycles. The Labute approximate surface area is 175 Å². The number of ether oxygens (including phenoxy) is 2. The number of methoxy groups -OCH3 is 2. The number of fused-ring (bicyclic) bond motifs is 1. The van der Waals surface area contributed by atoms with Crippen molar-refractivity contribution in [3.63, 3.8) is 0 Å². The van der Waals surface area contributed by atoms with E-state index < -0.39 is 28.5 Å². The number of hydrogen-bond acceptors (Lipinski definition) is 8. The van der Waals surface area contributed by atoms with E-state index in [4.69, 9.17) is 13.9 Å². The molecule has 0 radical (unpaired) electrons. The summed E-state index contributed by atoms with van der Waals surface area (Å²) in [7, 11) is 2.64. The van der Waals surface area contributed by atoms with Crippen LogP contribution in [0.4, 0.5) is 5.69 Å². The fraction of sp³-hybridized carbons (Fsp3) is 0.190. The van der Waals surface area contributed by atoms with Crippen LogP contribution in [0.3, 0.4) is 0 Å². The first-order valence-electron chi connectivity index (χ1n) is 9.06. The predicted molar refractivity (Wildman–Crippen MR) is 109 cm³/mol. The molecule has 0 bridgehead atoms. The topological polar surface area (TPSA) is 138 Å². The summed E-state index contributed by atoms with van der Waals surface area (Å²) in [5, 5.41) is 14.0. The SMILES string of the molecule is COC(=O)[C@H](Cc1cc(=O)oc2cc(OC)ccc12)NC(=O)c1cccc([N+](=O)[O-])c1. The van der Waals surface area contributed by atoms with Gasteiger partial charge in [-0.3, -0.25) is 14.9 Å². The third-order valence-corrected chi connectivity index (χ3v) is 4.57. The van der Waals surface area contributed by atoms with E-state index in [-0.39, 0.29) is 23.3 Å². The van der Waals surface area contributed by atoms with Gasteiger partial charge in [0.15, 0.2) is 0 Å². The third kappa shape index (κ3) is 4.86. The lowest BCUT2D eigenvalue weighted by Gasteiger charge is -2.17. The Hall–Kier alpha value is -4.21. The number of nitro benzene ring substituents is 1. The number of hydrogen-bond donors (Lipinski definition) is 1. The van der Waals surface area contributed by atoms with Gasteiger partial charge in [0.1, 0.15) is 17.4 Å². The molecule has 0 aliphatic carbocycles. The molecule has 3 rings (SSSR count). The Morgan fingerprint density at radius 3 is 2.61 bits per heavy atom. The van der Waals surface area contributed by atoms with Crippen molar-refractivity contribution in [2.24, 2.45) is 0 Å². The number of non-ortho nitro benzene ring substituents is 1. The summed E-state index contributed by atoms with van der Waals surface area (Å²) in [6.07, 6.45) is -0.0677. The summed E-state index contributed by atoms with van der Waals surface area (Å²) in [6, 6.07) is 10.0. The number of nitrogens with one attached hydrogen (secondary N) is 1. The van der Waals surface area contributed by atoms with Crippen molar-refractivity contribution in [3.05, 3.63) is 80.2 Å². The molecule has 0 fully saturated rings. The van der Waals surface area contributed by atoms with E-state index in [1.54, 1.807) is 12.1 Å². The zero-order chi connectivity index (χ0) is 22.5. The Bertz CT molecular complexity index is 1220. The van der Waals surface area contributed by atoms with Crippen molar-refractivity contribution in [1.82, 2.24) is 5.32 Å². The van der Waals surface area contributed by atoms with E-state index in [2.05, 4.69) is 5.32 Å². The molecule has 2 aromatic carbocycles. The van der Waals surface area contributed by atoms with Gasteiger partial charge in [-0.2, -0.15) is 0 Å². The van der Waals surface area contributed by atoms with Crippen LogP contribution in [0.2, 0.25) is 0 Å². The number of esters is 1. The number of nitro groups is 1. The number of amides is 1. The zero-order valence-electron chi connectivity index (χ0n) is 16.6. The first kappa shape index (κ1) is 21.5. The summed E-state index contributed by atoms with van der Waals surface area (Å²) in [6.45, 7) is 0. The first-order chi connectivity index (χ1) is 14.8. The van der Waals surface area contributed by atoms with Gasteiger partial charge in [0.05, 0.1) is 19.1 Å². The molecule has 1 amide bonds. The molecule has 10 nitrogen and oxygen atoms in total. The van der Waals surface area contributed by atoms with Gasteiger partial charge >= 0.3 is 11.6 Å². The summed E-state index contributed by atoms with van der Waals surface area (Å²) in [5.41, 5.74) is -0.184. The normalized spacial score (nSPS) is 11.5. The minimum Gasteiger partial charge on any atom is -0.497 e. The molecule has 31 heavy (non-hydrogen) atoms. The van der Waals surface area contributed by atoms with Crippen molar-refractivity contribution in [2.75, 3.05) is 14.2 Å². The standard InChI is InChI=1S/C21H18N2O8/c1-29-15-6-7-16-13(10-19(24)31-18(16)11-15)9-17(21(26)30-2)22-20(25)12-4-3-5-14(8-12)23(27)28/h3-8,10-11,17H,9H2,1-2H3,(H,22,25)/t17-/m0/s1. The molecule has 0 aliphatic heterocycles. The minimum absolute atomic E-state index is 0.00488. The highest BCUT2D eigenvalue weighted by atomic mass is 16.6. The maximum Gasteiger partial charge on any atom is 0.336 e. The lowest BCUT2D eigenvalue weighted by Crippen LogP contribution is -2.43. The van der Waals surface area contributed by atoms with Crippen molar-refractivity contribution < 1.29 is 28.4 Å². The minimum atomic E-state index is -1.15. The summed E-state index contributed by atoms with van der Waals surface area (Å²) >= 11 is 0. The lowest BCUT2D eigenvalue weighted by atomic mass is 10.0. The van der Waals surface area contributed by atoms with Gasteiger partial charge in [0, 0.05) is 41.6 Å². The van der Waals surface area contributed by atoms with Gasteiger partial charge in [-0.25, -0.2) is 9.59 Å². The Balaban J connectivity index is 1.93. The van der Waals surface area contributed by atoms with E-state index in [1.165, 1.54) is 37.4 Å². The van der Waals surface area contributed by atoms with Crippen LogP contribution in [-0.4, -0.2) is 37.1 Å². The second kappa shape index (κ2) is 9.08. The van der Waals surface area contributed by atoms with E-state index in [0.29, 0.717) is 16.7 Å². The molecule has 1 atom stereocenters. The molecule has 0 saturated heterocycles. The molecule has 1 aromatic heterocycles. The average molecular weight is 426 g/mol. The van der Waals surface area contributed by atoms with Crippen LogP contribution < -0.4 is 15.7 Å². The fourth-order valence-electron chi connectivity index (χ4n) is 3.06. The van der Waals surface area contributed by atoms with Crippen molar-refractivity contribution in [2.45, 2.75) is 12.5 Å². The van der Waals surface area contributed by atoms with Crippen LogP contribution in [-0.2, 0) is 16.0 Å². The van der Waals surface area contributed by atoms with Gasteiger partial charge in [-0.15, -0.1) is 0 Å². The van der Waals surface area contributed by atoms with Crippen LogP contribution in [0.1, 0.15) is 15.9 Å². The summed E-state index contributed by atoms with van der Waals surface area (Å²) in [5.74, 6) is -0.960. The number of carbonyl (C=O) groups excluding carboxylic acids is 2. The van der Waals surface area contributed by atoms with Crippen LogP contribution in [0.25, 0.3) is 11.0 Å². The number of benzene rings is 2. The van der Waals surface area contributed by atoms with Gasteiger partial charge < -0.3 is 19.2 Å². The highest BCUT2D eigenvalue weighted by molar-refractivity contribution is 5.97. The molecule has 0 aliphatic rings. The second-order valence-corrected chi connectivity index (χ2v) is 6.51. The summed E-state index contributed by atoms with van der Waals surface area (Å²) in [4.78, 5) is 47.2. The van der Waals surface area contributed by atoms with Gasteiger partial charge in [-0.05, 0) is 23.8 Å². The highest BCUT2D eigenvalue weighted by Gasteiger charge is 2.25. The van der Waals surface area contributed by atoms with Crippen LogP contribution >= 0.6 is 0 Å². The Morgan fingerprint density at radius 2 is 1.94 bits per heavy atom. The monoisotopic (exact) mass is 426 g/mol. The highest BCUT2D eigenvalue weighted by Crippen LogP contribution is 2.23. The van der Waals surface area contributed by atoms with Gasteiger partial charge in [0.2, 0.25) is 0 Å². The molecule has 1 heterocycles. The Morgan fingerprint density at radius 1 is 1.16 bits per heavy atom. The molecule has 1 N–H and O–H groups in total. The van der Waals surface area contributed by atoms with Crippen LogP contribution in [0.5, 0.6) is 5.75 Å². The smallest absolute Gasteiger partial charge is 0.336 e. The quantitative estimate of drug-likeness (QED) is 0.263. The zero-order valence-corrected chi connectivity index (χ0v) is 16.6. The van der Waals surface area contributed by atoms with Crippen molar-refractivity contribution in [1.29, 1.82) is 0 Å². The van der Waals surface area contributed by atoms with Crippen molar-refractivity contribution in [3.8, 4) is 5.75 Å². The maximum atomic E-state index is 12.6.